The predicted octanol–water partition coefficient (Wildman–Crippen LogP) is 3.83. The molecule has 1 amide bonds. The van der Waals surface area contributed by atoms with Crippen molar-refractivity contribution in [2.24, 2.45) is 0 Å². The average molecular weight is 452 g/mol. The summed E-state index contributed by atoms with van der Waals surface area (Å²) in [4.78, 5) is 22.9. The topological polar surface area (TPSA) is 104 Å². The van der Waals surface area contributed by atoms with E-state index in [2.05, 4.69) is 24.9 Å². The molecule has 4 rings (SSSR count). The summed E-state index contributed by atoms with van der Waals surface area (Å²) in [5.74, 6) is -0.243. The van der Waals surface area contributed by atoms with Gasteiger partial charge in [0.15, 0.2) is 0 Å². The first-order valence-corrected chi connectivity index (χ1v) is 12.0. The van der Waals surface area contributed by atoms with E-state index in [4.69, 9.17) is 0 Å². The predicted molar refractivity (Wildman–Crippen MR) is 124 cm³/mol. The van der Waals surface area contributed by atoms with Crippen molar-refractivity contribution in [3.63, 3.8) is 0 Å². The van der Waals surface area contributed by atoms with Gasteiger partial charge in [0.2, 0.25) is 5.95 Å². The molecular weight excluding hydrogens is 426 g/mol. The quantitative estimate of drug-likeness (QED) is 0.590. The summed E-state index contributed by atoms with van der Waals surface area (Å²) in [5, 5.41) is 2.80. The van der Waals surface area contributed by atoms with Crippen molar-refractivity contribution in [3.8, 4) is 0 Å². The van der Waals surface area contributed by atoms with Crippen molar-refractivity contribution in [2.45, 2.75) is 31.1 Å². The highest BCUT2D eigenvalue weighted by Gasteiger charge is 2.16. The average Bonchev–Trinajstić information content (AvgIpc) is 2.80. The van der Waals surface area contributed by atoms with Crippen molar-refractivity contribution >= 4 is 33.3 Å². The first-order chi connectivity index (χ1) is 15.4. The number of nitrogens with one attached hydrogen (secondary N) is 2. The number of rotatable bonds is 6. The van der Waals surface area contributed by atoms with Gasteiger partial charge in [-0.15, -0.1) is 0 Å². The molecule has 1 fully saturated rings. The Morgan fingerprint density at radius 1 is 0.938 bits per heavy atom. The largest absolute Gasteiger partial charge is 0.372 e. The Hall–Kier alpha value is -3.46. The summed E-state index contributed by atoms with van der Waals surface area (Å²) in [7, 11) is -3.84. The van der Waals surface area contributed by atoms with Gasteiger partial charge in [-0.1, -0.05) is 0 Å². The van der Waals surface area contributed by atoms with Crippen molar-refractivity contribution < 1.29 is 13.2 Å². The normalized spacial score (nSPS) is 14.1. The Balaban J connectivity index is 1.40. The van der Waals surface area contributed by atoms with Crippen LogP contribution in [0.2, 0.25) is 0 Å². The second-order valence-corrected chi connectivity index (χ2v) is 9.38. The second kappa shape index (κ2) is 9.35. The minimum Gasteiger partial charge on any atom is -0.372 e. The van der Waals surface area contributed by atoms with Crippen molar-refractivity contribution in [1.82, 2.24) is 9.97 Å². The van der Waals surface area contributed by atoms with Crippen molar-refractivity contribution in [2.75, 3.05) is 28.0 Å². The van der Waals surface area contributed by atoms with Crippen LogP contribution in [-0.4, -0.2) is 37.4 Å². The van der Waals surface area contributed by atoms with E-state index in [9.17, 15) is 13.2 Å². The van der Waals surface area contributed by atoms with Crippen molar-refractivity contribution in [1.29, 1.82) is 0 Å². The van der Waals surface area contributed by atoms with Gasteiger partial charge in [-0.3, -0.25) is 4.79 Å². The fraction of sp³-hybridized carbons (Fsp3) is 0.261. The van der Waals surface area contributed by atoms with Crippen LogP contribution in [0.25, 0.3) is 0 Å². The summed E-state index contributed by atoms with van der Waals surface area (Å²) in [6.07, 6.45) is 5.15. The van der Waals surface area contributed by atoms with Gasteiger partial charge in [-0.05, 0) is 80.8 Å². The summed E-state index contributed by atoms with van der Waals surface area (Å²) in [6.45, 7) is 3.84. The fourth-order valence-electron chi connectivity index (χ4n) is 3.57. The van der Waals surface area contributed by atoms with Gasteiger partial charge in [-0.2, -0.15) is 0 Å². The van der Waals surface area contributed by atoms with E-state index < -0.39 is 10.0 Å². The van der Waals surface area contributed by atoms with Crippen LogP contribution in [0.5, 0.6) is 0 Å². The summed E-state index contributed by atoms with van der Waals surface area (Å²) in [5.41, 5.74) is 2.82. The van der Waals surface area contributed by atoms with Crippen LogP contribution >= 0.6 is 0 Å². The molecule has 0 atom stereocenters. The molecule has 1 aromatic heterocycles. The first kappa shape index (κ1) is 21.8. The summed E-state index contributed by atoms with van der Waals surface area (Å²) >= 11 is 0. The Labute approximate surface area is 187 Å². The number of piperidine rings is 1. The summed E-state index contributed by atoms with van der Waals surface area (Å²) < 4.78 is 27.4. The fourth-order valence-corrected chi connectivity index (χ4v) is 4.52. The van der Waals surface area contributed by atoms with Gasteiger partial charge < -0.3 is 10.2 Å². The van der Waals surface area contributed by atoms with Gasteiger partial charge >= 0.3 is 0 Å². The number of aromatic nitrogens is 2. The van der Waals surface area contributed by atoms with Crippen LogP contribution in [0, 0.1) is 6.92 Å². The molecule has 2 aromatic carbocycles. The second-order valence-electron chi connectivity index (χ2n) is 7.70. The van der Waals surface area contributed by atoms with Gasteiger partial charge in [0.1, 0.15) is 0 Å². The molecule has 0 unspecified atom stereocenters. The maximum absolute atomic E-state index is 12.6. The van der Waals surface area contributed by atoms with Crippen LogP contribution in [-0.2, 0) is 10.0 Å². The number of carbonyl (C=O) groups excluding carboxylic acids is 1. The monoisotopic (exact) mass is 451 g/mol. The molecule has 1 aliphatic rings. The lowest BCUT2D eigenvalue weighted by atomic mass is 10.1. The number of nitrogens with zero attached hydrogens (tertiary/aromatic N) is 3. The van der Waals surface area contributed by atoms with E-state index in [0.717, 1.165) is 18.8 Å². The third-order valence-corrected chi connectivity index (χ3v) is 6.64. The highest BCUT2D eigenvalue weighted by Crippen LogP contribution is 2.21. The summed E-state index contributed by atoms with van der Waals surface area (Å²) in [6, 6.07) is 15.2. The molecule has 9 heteroatoms. The molecule has 2 N–H and O–H groups in total. The Kier molecular flexibility index (Phi) is 6.36. The SMILES string of the molecule is Cc1ccnc(NS(=O)(=O)c2ccc(NC(=O)c3ccc(N4CCCCC4)cc3)cc2)n1. The van der Waals surface area contributed by atoms with Crippen molar-refractivity contribution in [3.05, 3.63) is 72.1 Å². The maximum atomic E-state index is 12.6. The number of benzene rings is 2. The Morgan fingerprint density at radius 3 is 2.28 bits per heavy atom. The highest BCUT2D eigenvalue weighted by molar-refractivity contribution is 7.92. The molecule has 166 valence electrons. The zero-order valence-electron chi connectivity index (χ0n) is 17.8. The number of amides is 1. The van der Waals surface area contributed by atoms with E-state index in [0.29, 0.717) is 16.9 Å². The maximum Gasteiger partial charge on any atom is 0.264 e. The zero-order valence-corrected chi connectivity index (χ0v) is 18.6. The molecule has 0 spiro atoms. The van der Waals surface area contributed by atoms with E-state index >= 15 is 0 Å². The van der Waals surface area contributed by atoms with E-state index in [1.54, 1.807) is 25.1 Å². The van der Waals surface area contributed by atoms with E-state index in [-0.39, 0.29) is 16.8 Å². The van der Waals surface area contributed by atoms with E-state index in [1.165, 1.54) is 37.6 Å². The van der Waals surface area contributed by atoms with Gasteiger partial charge in [0.05, 0.1) is 4.90 Å². The number of sulfonamides is 1. The molecule has 0 bridgehead atoms. The lowest BCUT2D eigenvalue weighted by Crippen LogP contribution is -2.29. The van der Waals surface area contributed by atoms with Gasteiger partial charge in [-0.25, -0.2) is 23.1 Å². The van der Waals surface area contributed by atoms with E-state index in [1.807, 2.05) is 24.3 Å². The molecule has 8 nitrogen and oxygen atoms in total. The molecular formula is C23H25N5O3S. The molecule has 1 aliphatic heterocycles. The highest BCUT2D eigenvalue weighted by atomic mass is 32.2. The third-order valence-electron chi connectivity index (χ3n) is 5.29. The molecule has 2 heterocycles. The number of carbonyl (C=O) groups is 1. The number of hydrogen-bond acceptors (Lipinski definition) is 6. The standard InChI is InChI=1S/C23H25N5O3S/c1-17-13-14-24-23(25-17)27-32(30,31)21-11-7-19(8-12-21)26-22(29)18-5-9-20(10-6-18)28-15-3-2-4-16-28/h5-14H,2-4,15-16H2,1H3,(H,26,29)(H,24,25,27). The van der Waals surface area contributed by atoms with Crippen LogP contribution < -0.4 is 14.9 Å². The minimum absolute atomic E-state index is 0.00961. The van der Waals surface area contributed by atoms with Crippen LogP contribution in [0.3, 0.4) is 0 Å². The molecule has 0 aliphatic carbocycles. The molecule has 0 saturated carbocycles. The minimum atomic E-state index is -3.84. The third kappa shape index (κ3) is 5.23. The number of hydrogen-bond donors (Lipinski definition) is 2. The molecule has 32 heavy (non-hydrogen) atoms. The Bertz CT molecular complexity index is 1190. The zero-order chi connectivity index (χ0) is 22.6. The molecule has 3 aromatic rings. The number of anilines is 3. The number of aryl methyl sites for hydroxylation is 1. The molecule has 0 radical (unpaired) electrons. The molecule has 1 saturated heterocycles. The van der Waals surface area contributed by atoms with Crippen LogP contribution in [0.4, 0.5) is 17.3 Å². The Morgan fingerprint density at radius 2 is 1.62 bits per heavy atom. The van der Waals surface area contributed by atoms with Gasteiger partial charge in [0, 0.05) is 41.9 Å². The van der Waals surface area contributed by atoms with Crippen LogP contribution in [0.1, 0.15) is 35.3 Å². The first-order valence-electron chi connectivity index (χ1n) is 10.5. The lowest BCUT2D eigenvalue weighted by molar-refractivity contribution is 0.102. The van der Waals surface area contributed by atoms with Crippen LogP contribution in [0.15, 0.2) is 65.7 Å². The lowest BCUT2D eigenvalue weighted by Gasteiger charge is -2.28. The van der Waals surface area contributed by atoms with Gasteiger partial charge in [0.25, 0.3) is 15.9 Å². The smallest absolute Gasteiger partial charge is 0.264 e.